The van der Waals surface area contributed by atoms with Crippen LogP contribution in [0.4, 0.5) is 0 Å². The van der Waals surface area contributed by atoms with Gasteiger partial charge in [0.15, 0.2) is 0 Å². The number of hydrogen-bond acceptors (Lipinski definition) is 3. The molecule has 1 unspecified atom stereocenters. The lowest BCUT2D eigenvalue weighted by Crippen LogP contribution is -2.44. The highest BCUT2D eigenvalue weighted by Gasteiger charge is 2.22. The lowest BCUT2D eigenvalue weighted by molar-refractivity contribution is -0.132. The van der Waals surface area contributed by atoms with Crippen molar-refractivity contribution in [1.29, 1.82) is 0 Å². The van der Waals surface area contributed by atoms with Crippen LogP contribution in [-0.4, -0.2) is 41.4 Å². The van der Waals surface area contributed by atoms with Gasteiger partial charge in [-0.05, 0) is 26.3 Å². The number of carbonyl (C=O) groups excluding carboxylic acids is 1. The van der Waals surface area contributed by atoms with Gasteiger partial charge in [0, 0.05) is 30.5 Å². The molecule has 0 spiro atoms. The largest absolute Gasteiger partial charge is 0.338 e. The van der Waals surface area contributed by atoms with Crippen molar-refractivity contribution in [1.82, 2.24) is 4.90 Å². The van der Waals surface area contributed by atoms with Crippen LogP contribution in [-0.2, 0) is 4.79 Å². The number of hydrogen-bond donors (Lipinski definition) is 1. The number of amides is 1. The maximum Gasteiger partial charge on any atom is 0.222 e. The second-order valence-electron chi connectivity index (χ2n) is 3.76. The molecule has 0 saturated carbocycles. The number of nitrogens with two attached hydrogens (primary N) is 1. The summed E-state index contributed by atoms with van der Waals surface area (Å²) >= 11 is 1.94. The second kappa shape index (κ2) is 6.30. The average Bonchev–Trinajstić information content (AvgIpc) is 2.18. The fourth-order valence-corrected chi connectivity index (χ4v) is 2.68. The molecule has 1 saturated heterocycles. The maximum absolute atomic E-state index is 11.8. The smallest absolute Gasteiger partial charge is 0.222 e. The van der Waals surface area contributed by atoms with Crippen molar-refractivity contribution in [3.05, 3.63) is 0 Å². The monoisotopic (exact) mass is 216 g/mol. The van der Waals surface area contributed by atoms with Gasteiger partial charge in [-0.1, -0.05) is 0 Å². The standard InChI is InChI=1S/C10H20N2OS/c1-9-8-14-7-6-12(9)10(13)4-2-3-5-11/h9H,2-8,11H2,1H3. The van der Waals surface area contributed by atoms with Crippen LogP contribution in [0.25, 0.3) is 0 Å². The van der Waals surface area contributed by atoms with Crippen LogP contribution in [0.2, 0.25) is 0 Å². The predicted molar refractivity (Wildman–Crippen MR) is 61.4 cm³/mol. The van der Waals surface area contributed by atoms with Crippen molar-refractivity contribution < 1.29 is 4.79 Å². The van der Waals surface area contributed by atoms with Gasteiger partial charge in [0.25, 0.3) is 0 Å². The van der Waals surface area contributed by atoms with E-state index in [1.165, 1.54) is 0 Å². The van der Waals surface area contributed by atoms with E-state index in [0.29, 0.717) is 24.9 Å². The van der Waals surface area contributed by atoms with E-state index in [9.17, 15) is 4.79 Å². The van der Waals surface area contributed by atoms with Crippen molar-refractivity contribution in [2.24, 2.45) is 5.73 Å². The molecule has 3 nitrogen and oxygen atoms in total. The van der Waals surface area contributed by atoms with E-state index in [0.717, 1.165) is 30.9 Å². The minimum absolute atomic E-state index is 0.311. The van der Waals surface area contributed by atoms with E-state index in [2.05, 4.69) is 6.92 Å². The van der Waals surface area contributed by atoms with Crippen LogP contribution < -0.4 is 5.73 Å². The van der Waals surface area contributed by atoms with Crippen LogP contribution in [0.1, 0.15) is 26.2 Å². The summed E-state index contributed by atoms with van der Waals surface area (Å²) in [6, 6.07) is 0.416. The van der Waals surface area contributed by atoms with Crippen LogP contribution in [0.5, 0.6) is 0 Å². The number of carbonyl (C=O) groups is 1. The number of thioether (sulfide) groups is 1. The van der Waals surface area contributed by atoms with Gasteiger partial charge in [0.2, 0.25) is 5.91 Å². The molecule has 4 heteroatoms. The average molecular weight is 216 g/mol. The molecule has 0 radical (unpaired) electrons. The Morgan fingerprint density at radius 3 is 3.00 bits per heavy atom. The molecule has 1 aliphatic heterocycles. The van der Waals surface area contributed by atoms with Crippen molar-refractivity contribution in [3.8, 4) is 0 Å². The Morgan fingerprint density at radius 2 is 2.36 bits per heavy atom. The molecule has 0 aromatic rings. The molecule has 1 heterocycles. The predicted octanol–water partition coefficient (Wildman–Crippen LogP) is 1.08. The molecule has 82 valence electrons. The molecule has 0 aromatic carbocycles. The fraction of sp³-hybridized carbons (Fsp3) is 0.900. The molecule has 2 N–H and O–H groups in total. The van der Waals surface area contributed by atoms with Gasteiger partial charge in [-0.15, -0.1) is 0 Å². The van der Waals surface area contributed by atoms with E-state index in [-0.39, 0.29) is 0 Å². The van der Waals surface area contributed by atoms with Crippen molar-refractivity contribution in [2.45, 2.75) is 32.2 Å². The molecule has 0 bridgehead atoms. The third-order valence-electron chi connectivity index (χ3n) is 2.53. The van der Waals surface area contributed by atoms with Gasteiger partial charge in [-0.25, -0.2) is 0 Å². The zero-order chi connectivity index (χ0) is 10.4. The minimum Gasteiger partial charge on any atom is -0.338 e. The van der Waals surface area contributed by atoms with Crippen LogP contribution in [0.3, 0.4) is 0 Å². The summed E-state index contributed by atoms with van der Waals surface area (Å²) in [5, 5.41) is 0. The van der Waals surface area contributed by atoms with Crippen molar-refractivity contribution >= 4 is 17.7 Å². The SMILES string of the molecule is CC1CSCCN1C(=O)CCCCN. The van der Waals surface area contributed by atoms with E-state index in [1.54, 1.807) is 0 Å². The van der Waals surface area contributed by atoms with Crippen LogP contribution in [0.15, 0.2) is 0 Å². The van der Waals surface area contributed by atoms with E-state index in [4.69, 9.17) is 5.73 Å². The molecular formula is C10H20N2OS. The minimum atomic E-state index is 0.311. The molecule has 0 aliphatic carbocycles. The zero-order valence-electron chi connectivity index (χ0n) is 8.87. The topological polar surface area (TPSA) is 46.3 Å². The van der Waals surface area contributed by atoms with E-state index >= 15 is 0 Å². The first-order valence-electron chi connectivity index (χ1n) is 5.33. The molecule has 1 fully saturated rings. The first-order valence-corrected chi connectivity index (χ1v) is 6.48. The lowest BCUT2D eigenvalue weighted by Gasteiger charge is -2.33. The Balaban J connectivity index is 2.27. The highest BCUT2D eigenvalue weighted by atomic mass is 32.2. The molecular weight excluding hydrogens is 196 g/mol. The number of rotatable bonds is 4. The summed E-state index contributed by atoms with van der Waals surface area (Å²) in [5.41, 5.74) is 5.39. The van der Waals surface area contributed by atoms with Crippen molar-refractivity contribution in [2.75, 3.05) is 24.6 Å². The van der Waals surface area contributed by atoms with Crippen LogP contribution in [0, 0.1) is 0 Å². The normalized spacial score (nSPS) is 22.4. The summed E-state index contributed by atoms with van der Waals surface area (Å²) in [4.78, 5) is 13.8. The highest BCUT2D eigenvalue weighted by molar-refractivity contribution is 7.99. The highest BCUT2D eigenvalue weighted by Crippen LogP contribution is 2.17. The Hall–Kier alpha value is -0.220. The Morgan fingerprint density at radius 1 is 1.57 bits per heavy atom. The van der Waals surface area contributed by atoms with E-state index in [1.807, 2.05) is 16.7 Å². The number of nitrogens with zero attached hydrogens (tertiary/aromatic N) is 1. The first-order chi connectivity index (χ1) is 6.75. The number of unbranched alkanes of at least 4 members (excludes halogenated alkanes) is 1. The fourth-order valence-electron chi connectivity index (χ4n) is 1.66. The molecule has 1 rings (SSSR count). The van der Waals surface area contributed by atoms with Crippen molar-refractivity contribution in [3.63, 3.8) is 0 Å². The van der Waals surface area contributed by atoms with Gasteiger partial charge in [0.05, 0.1) is 0 Å². The van der Waals surface area contributed by atoms with Gasteiger partial charge < -0.3 is 10.6 Å². The zero-order valence-corrected chi connectivity index (χ0v) is 9.68. The third kappa shape index (κ3) is 3.50. The lowest BCUT2D eigenvalue weighted by atomic mass is 10.2. The molecule has 14 heavy (non-hydrogen) atoms. The maximum atomic E-state index is 11.8. The Bertz CT molecular complexity index is 187. The molecule has 1 amide bonds. The second-order valence-corrected chi connectivity index (χ2v) is 4.91. The summed E-state index contributed by atoms with van der Waals surface area (Å²) in [7, 11) is 0. The quantitative estimate of drug-likeness (QED) is 0.715. The van der Waals surface area contributed by atoms with Gasteiger partial charge >= 0.3 is 0 Å². The van der Waals surface area contributed by atoms with Gasteiger partial charge in [0.1, 0.15) is 0 Å². The Kier molecular flexibility index (Phi) is 5.33. The van der Waals surface area contributed by atoms with Gasteiger partial charge in [-0.2, -0.15) is 11.8 Å². The molecule has 0 aromatic heterocycles. The summed E-state index contributed by atoms with van der Waals surface area (Å²) < 4.78 is 0. The Labute approximate surface area is 90.4 Å². The van der Waals surface area contributed by atoms with Gasteiger partial charge in [-0.3, -0.25) is 4.79 Å². The molecule has 1 atom stereocenters. The third-order valence-corrected chi connectivity index (χ3v) is 3.72. The summed E-state index contributed by atoms with van der Waals surface area (Å²) in [6.07, 6.45) is 2.57. The van der Waals surface area contributed by atoms with E-state index < -0.39 is 0 Å². The first kappa shape index (κ1) is 11.9. The van der Waals surface area contributed by atoms with Crippen LogP contribution >= 0.6 is 11.8 Å². The summed E-state index contributed by atoms with van der Waals surface area (Å²) in [5.74, 6) is 2.49. The summed E-state index contributed by atoms with van der Waals surface area (Å²) in [6.45, 7) is 3.75. The molecule has 1 aliphatic rings.